The van der Waals surface area contributed by atoms with Crippen LogP contribution in [0, 0.1) is 11.7 Å². The Labute approximate surface area is 183 Å². The highest BCUT2D eigenvalue weighted by Crippen LogP contribution is 2.37. The fourth-order valence-corrected chi connectivity index (χ4v) is 4.49. The highest BCUT2D eigenvalue weighted by atomic mass is 19.1. The number of nitrogens with one attached hydrogen (secondary N) is 1. The van der Waals surface area contributed by atoms with E-state index in [2.05, 4.69) is 36.2 Å². The van der Waals surface area contributed by atoms with E-state index >= 15 is 0 Å². The number of carbonyl (C=O) groups is 1. The minimum Gasteiger partial charge on any atom is -0.490 e. The quantitative estimate of drug-likeness (QED) is 0.731. The first kappa shape index (κ1) is 21.6. The van der Waals surface area contributed by atoms with Gasteiger partial charge in [-0.3, -0.25) is 9.69 Å². The van der Waals surface area contributed by atoms with Gasteiger partial charge in [0.1, 0.15) is 5.82 Å². The van der Waals surface area contributed by atoms with Crippen LogP contribution in [-0.4, -0.2) is 37.1 Å². The van der Waals surface area contributed by atoms with Gasteiger partial charge in [0.15, 0.2) is 11.5 Å². The maximum Gasteiger partial charge on any atom is 0.234 e. The number of halogens is 1. The van der Waals surface area contributed by atoms with Gasteiger partial charge in [-0.05, 0) is 60.7 Å². The summed E-state index contributed by atoms with van der Waals surface area (Å²) < 4.78 is 24.9. The highest BCUT2D eigenvalue weighted by Gasteiger charge is 2.29. The zero-order chi connectivity index (χ0) is 21.8. The van der Waals surface area contributed by atoms with Gasteiger partial charge in [0.05, 0.1) is 25.8 Å². The predicted octanol–water partition coefficient (Wildman–Crippen LogP) is 4.64. The van der Waals surface area contributed by atoms with Crippen molar-refractivity contribution in [3.8, 4) is 11.5 Å². The number of nitrogens with zero attached hydrogens (tertiary/aromatic N) is 1. The van der Waals surface area contributed by atoms with Crippen molar-refractivity contribution in [2.45, 2.75) is 45.2 Å². The summed E-state index contributed by atoms with van der Waals surface area (Å²) in [6.07, 6.45) is 2.95. The smallest absolute Gasteiger partial charge is 0.234 e. The third-order valence-corrected chi connectivity index (χ3v) is 6.08. The van der Waals surface area contributed by atoms with Gasteiger partial charge < -0.3 is 14.8 Å². The predicted molar refractivity (Wildman–Crippen MR) is 118 cm³/mol. The van der Waals surface area contributed by atoms with Crippen molar-refractivity contribution < 1.29 is 18.7 Å². The standard InChI is InChI=1S/C25H31FN2O3/c1-17(2)25(18-6-9-20(26)10-7-18)27-24(29)16-28-12-3-5-21(28)19-8-11-22-23(15-19)31-14-4-13-30-22/h6-11,15,17,21,25H,3-5,12-14,16H2,1-2H3,(H,27,29). The average Bonchev–Trinajstić information content (AvgIpc) is 3.08. The topological polar surface area (TPSA) is 50.8 Å². The molecule has 6 heteroatoms. The third kappa shape index (κ3) is 5.18. The van der Waals surface area contributed by atoms with E-state index in [1.807, 2.05) is 6.07 Å². The summed E-state index contributed by atoms with van der Waals surface area (Å²) in [4.78, 5) is 15.2. The number of carbonyl (C=O) groups excluding carboxylic acids is 1. The lowest BCUT2D eigenvalue weighted by atomic mass is 9.96. The molecule has 1 amide bonds. The number of rotatable bonds is 6. The van der Waals surface area contributed by atoms with E-state index in [-0.39, 0.29) is 29.7 Å². The molecule has 1 saturated heterocycles. The second-order valence-corrected chi connectivity index (χ2v) is 8.73. The molecule has 2 heterocycles. The molecule has 31 heavy (non-hydrogen) atoms. The average molecular weight is 427 g/mol. The van der Waals surface area contributed by atoms with Crippen LogP contribution in [-0.2, 0) is 4.79 Å². The number of hydrogen-bond donors (Lipinski definition) is 1. The number of fused-ring (bicyclic) bond motifs is 1. The molecule has 2 aliphatic heterocycles. The molecule has 5 nitrogen and oxygen atoms in total. The first-order valence-corrected chi connectivity index (χ1v) is 11.2. The molecular formula is C25H31FN2O3. The summed E-state index contributed by atoms with van der Waals surface area (Å²) in [5, 5.41) is 3.16. The number of benzene rings is 2. The molecule has 4 rings (SSSR count). The van der Waals surface area contributed by atoms with Gasteiger partial charge in [-0.2, -0.15) is 0 Å². The Balaban J connectivity index is 1.43. The van der Waals surface area contributed by atoms with E-state index in [0.29, 0.717) is 19.8 Å². The Morgan fingerprint density at radius 3 is 2.58 bits per heavy atom. The molecular weight excluding hydrogens is 395 g/mol. The third-order valence-electron chi connectivity index (χ3n) is 6.08. The van der Waals surface area contributed by atoms with Crippen molar-refractivity contribution in [2.75, 3.05) is 26.3 Å². The van der Waals surface area contributed by atoms with Gasteiger partial charge in [-0.15, -0.1) is 0 Å². The summed E-state index contributed by atoms with van der Waals surface area (Å²) in [5.74, 6) is 1.51. The summed E-state index contributed by atoms with van der Waals surface area (Å²) in [5.41, 5.74) is 2.08. The zero-order valence-corrected chi connectivity index (χ0v) is 18.3. The van der Waals surface area contributed by atoms with Gasteiger partial charge in [0, 0.05) is 12.5 Å². The number of likely N-dealkylation sites (tertiary alicyclic amines) is 1. The second kappa shape index (κ2) is 9.69. The van der Waals surface area contributed by atoms with Gasteiger partial charge >= 0.3 is 0 Å². The molecule has 0 aliphatic carbocycles. The molecule has 2 aromatic carbocycles. The lowest BCUT2D eigenvalue weighted by Gasteiger charge is -2.28. The van der Waals surface area contributed by atoms with Crippen LogP contribution in [0.25, 0.3) is 0 Å². The lowest BCUT2D eigenvalue weighted by Crippen LogP contribution is -2.40. The zero-order valence-electron chi connectivity index (χ0n) is 18.3. The van der Waals surface area contributed by atoms with Crippen LogP contribution >= 0.6 is 0 Å². The Morgan fingerprint density at radius 1 is 1.10 bits per heavy atom. The van der Waals surface area contributed by atoms with Crippen molar-refractivity contribution in [3.05, 3.63) is 59.4 Å². The Kier molecular flexibility index (Phi) is 6.76. The van der Waals surface area contributed by atoms with E-state index in [1.165, 1.54) is 12.1 Å². The number of hydrogen-bond acceptors (Lipinski definition) is 4. The molecule has 0 radical (unpaired) electrons. The molecule has 0 saturated carbocycles. The van der Waals surface area contributed by atoms with Crippen molar-refractivity contribution in [1.29, 1.82) is 0 Å². The Hall–Kier alpha value is -2.60. The first-order chi connectivity index (χ1) is 15.0. The summed E-state index contributed by atoms with van der Waals surface area (Å²) in [7, 11) is 0. The maximum absolute atomic E-state index is 13.3. The fourth-order valence-electron chi connectivity index (χ4n) is 4.49. The molecule has 2 unspecified atom stereocenters. The van der Waals surface area contributed by atoms with E-state index in [4.69, 9.17) is 9.47 Å². The molecule has 1 fully saturated rings. The number of ether oxygens (including phenoxy) is 2. The van der Waals surface area contributed by atoms with Gasteiger partial charge in [0.25, 0.3) is 0 Å². The van der Waals surface area contributed by atoms with E-state index in [9.17, 15) is 9.18 Å². The number of amides is 1. The monoisotopic (exact) mass is 426 g/mol. The van der Waals surface area contributed by atoms with Crippen LogP contribution in [0.15, 0.2) is 42.5 Å². The minimum absolute atomic E-state index is 0.00994. The molecule has 166 valence electrons. The summed E-state index contributed by atoms with van der Waals surface area (Å²) in [6.45, 7) is 6.68. The lowest BCUT2D eigenvalue weighted by molar-refractivity contribution is -0.123. The van der Waals surface area contributed by atoms with Gasteiger partial charge in [-0.25, -0.2) is 4.39 Å². The van der Waals surface area contributed by atoms with E-state index in [0.717, 1.165) is 48.4 Å². The SMILES string of the molecule is CC(C)C(NC(=O)CN1CCCC1c1ccc2c(c1)OCCCO2)c1ccc(F)cc1. The van der Waals surface area contributed by atoms with Crippen LogP contribution in [0.3, 0.4) is 0 Å². The Morgan fingerprint density at radius 2 is 1.84 bits per heavy atom. The van der Waals surface area contributed by atoms with Gasteiger partial charge in [0.2, 0.25) is 5.91 Å². The molecule has 1 N–H and O–H groups in total. The molecule has 2 aliphatic rings. The summed E-state index contributed by atoms with van der Waals surface area (Å²) >= 11 is 0. The molecule has 2 atom stereocenters. The molecule has 2 aromatic rings. The van der Waals surface area contributed by atoms with Crippen molar-refractivity contribution in [2.24, 2.45) is 5.92 Å². The van der Waals surface area contributed by atoms with E-state index in [1.54, 1.807) is 12.1 Å². The van der Waals surface area contributed by atoms with Crippen LogP contribution in [0.1, 0.15) is 56.3 Å². The van der Waals surface area contributed by atoms with Crippen LogP contribution in [0.5, 0.6) is 11.5 Å². The van der Waals surface area contributed by atoms with E-state index < -0.39 is 0 Å². The van der Waals surface area contributed by atoms with Crippen molar-refractivity contribution in [1.82, 2.24) is 10.2 Å². The normalized spacial score (nSPS) is 19.8. The highest BCUT2D eigenvalue weighted by molar-refractivity contribution is 5.78. The minimum atomic E-state index is -0.271. The molecule has 0 spiro atoms. The van der Waals surface area contributed by atoms with Crippen molar-refractivity contribution >= 4 is 5.91 Å². The second-order valence-electron chi connectivity index (χ2n) is 8.73. The van der Waals surface area contributed by atoms with Crippen LogP contribution in [0.4, 0.5) is 4.39 Å². The first-order valence-electron chi connectivity index (χ1n) is 11.2. The Bertz CT molecular complexity index is 900. The summed E-state index contributed by atoms with van der Waals surface area (Å²) in [6, 6.07) is 12.6. The van der Waals surface area contributed by atoms with Crippen LogP contribution < -0.4 is 14.8 Å². The van der Waals surface area contributed by atoms with Crippen LogP contribution in [0.2, 0.25) is 0 Å². The molecule has 0 aromatic heterocycles. The van der Waals surface area contributed by atoms with Crippen molar-refractivity contribution in [3.63, 3.8) is 0 Å². The molecule has 0 bridgehead atoms. The fraction of sp³-hybridized carbons (Fsp3) is 0.480. The largest absolute Gasteiger partial charge is 0.490 e. The maximum atomic E-state index is 13.3. The van der Waals surface area contributed by atoms with Gasteiger partial charge in [-0.1, -0.05) is 32.0 Å².